The quantitative estimate of drug-likeness (QED) is 0.585. The van der Waals surface area contributed by atoms with Crippen molar-refractivity contribution in [3.05, 3.63) is 62.2 Å². The summed E-state index contributed by atoms with van der Waals surface area (Å²) in [5, 5.41) is 1.21. The third-order valence-corrected chi connectivity index (χ3v) is 3.18. The van der Waals surface area contributed by atoms with Crippen LogP contribution in [0.25, 0.3) is 16.3 Å². The van der Waals surface area contributed by atoms with E-state index in [-0.39, 0.29) is 10.9 Å². The molecular formula is C14H11NO2. The van der Waals surface area contributed by atoms with Gasteiger partial charge in [-0.3, -0.25) is 9.59 Å². The minimum Gasteiger partial charge on any atom is -0.317 e. The van der Waals surface area contributed by atoms with Crippen molar-refractivity contribution in [1.29, 1.82) is 0 Å². The molecule has 0 amide bonds. The second-order valence-electron chi connectivity index (χ2n) is 4.34. The summed E-state index contributed by atoms with van der Waals surface area (Å²) in [6.45, 7) is 3.76. The minimum atomic E-state index is -0.0295. The van der Waals surface area contributed by atoms with Crippen molar-refractivity contribution < 1.29 is 0 Å². The number of benzene rings is 1. The number of hydrogen-bond donors (Lipinski definition) is 0. The molecule has 2 aromatic heterocycles. The van der Waals surface area contributed by atoms with E-state index in [1.165, 1.54) is 0 Å². The summed E-state index contributed by atoms with van der Waals surface area (Å²) in [7, 11) is 0. The Morgan fingerprint density at radius 3 is 1.82 bits per heavy atom. The van der Waals surface area contributed by atoms with Gasteiger partial charge in [0.1, 0.15) is 0 Å². The first-order valence-electron chi connectivity index (χ1n) is 5.48. The third kappa shape index (κ3) is 1.22. The third-order valence-electron chi connectivity index (χ3n) is 3.18. The largest absolute Gasteiger partial charge is 0.317 e. The van der Waals surface area contributed by atoms with Crippen molar-refractivity contribution in [2.75, 3.05) is 0 Å². The molecule has 0 aliphatic heterocycles. The Bertz CT molecular complexity index is 780. The van der Waals surface area contributed by atoms with E-state index in [0.29, 0.717) is 10.8 Å². The summed E-state index contributed by atoms with van der Waals surface area (Å²) in [5.74, 6) is 0. The van der Waals surface area contributed by atoms with Crippen LogP contribution in [-0.2, 0) is 0 Å². The first-order valence-corrected chi connectivity index (χ1v) is 5.48. The lowest BCUT2D eigenvalue weighted by Crippen LogP contribution is -2.14. The molecular weight excluding hydrogens is 214 g/mol. The number of hydrogen-bond acceptors (Lipinski definition) is 2. The lowest BCUT2D eigenvalue weighted by Gasteiger charge is -2.12. The van der Waals surface area contributed by atoms with E-state index in [1.807, 2.05) is 18.2 Å². The van der Waals surface area contributed by atoms with Crippen molar-refractivity contribution >= 4 is 16.3 Å². The molecule has 0 spiro atoms. The van der Waals surface area contributed by atoms with Crippen LogP contribution in [0.15, 0.2) is 39.9 Å². The summed E-state index contributed by atoms with van der Waals surface area (Å²) in [4.78, 5) is 23.8. The number of pyridine rings is 2. The molecule has 0 saturated heterocycles. The van der Waals surface area contributed by atoms with Gasteiger partial charge in [0.25, 0.3) is 0 Å². The molecule has 1 aromatic carbocycles. The maximum absolute atomic E-state index is 11.9. The van der Waals surface area contributed by atoms with Crippen LogP contribution in [0, 0.1) is 13.8 Å². The standard InChI is InChI=1S/C14H11NO2/c1-8-6-12(16)10-4-3-5-11-13(17)7-9(2)15(8)14(10)11/h3-7H,1-2H3. The van der Waals surface area contributed by atoms with Gasteiger partial charge in [-0.25, -0.2) is 0 Å². The molecule has 0 aliphatic rings. The molecule has 3 rings (SSSR count). The first kappa shape index (κ1) is 10.0. The molecule has 2 heterocycles. The van der Waals surface area contributed by atoms with Gasteiger partial charge in [0, 0.05) is 34.3 Å². The van der Waals surface area contributed by atoms with Crippen LogP contribution in [0.2, 0.25) is 0 Å². The van der Waals surface area contributed by atoms with Gasteiger partial charge in [0.2, 0.25) is 0 Å². The Morgan fingerprint density at radius 1 is 0.882 bits per heavy atom. The molecule has 0 fully saturated rings. The molecule has 17 heavy (non-hydrogen) atoms. The zero-order chi connectivity index (χ0) is 12.2. The SMILES string of the molecule is Cc1cc(=O)c2cccc3c(=O)cc(C)n1c23. The van der Waals surface area contributed by atoms with Crippen LogP contribution >= 0.6 is 0 Å². The minimum absolute atomic E-state index is 0.0295. The molecule has 3 nitrogen and oxygen atoms in total. The Balaban J connectivity index is 2.86. The van der Waals surface area contributed by atoms with Gasteiger partial charge in [-0.2, -0.15) is 0 Å². The van der Waals surface area contributed by atoms with E-state index < -0.39 is 0 Å². The highest BCUT2D eigenvalue weighted by molar-refractivity contribution is 5.95. The number of aromatic nitrogens is 1. The second kappa shape index (κ2) is 3.17. The van der Waals surface area contributed by atoms with Gasteiger partial charge >= 0.3 is 0 Å². The van der Waals surface area contributed by atoms with Crippen molar-refractivity contribution in [3.63, 3.8) is 0 Å². The van der Waals surface area contributed by atoms with Crippen LogP contribution in [-0.4, -0.2) is 4.40 Å². The fraction of sp³-hybridized carbons (Fsp3) is 0.143. The summed E-state index contributed by atoms with van der Waals surface area (Å²) >= 11 is 0. The van der Waals surface area contributed by atoms with Crippen LogP contribution in [0.4, 0.5) is 0 Å². The molecule has 0 atom stereocenters. The fourth-order valence-electron chi connectivity index (χ4n) is 2.48. The Labute approximate surface area is 97.3 Å². The molecule has 84 valence electrons. The molecule has 0 unspecified atom stereocenters. The predicted octanol–water partition coefficient (Wildman–Crippen LogP) is 1.87. The highest BCUT2D eigenvalue weighted by Crippen LogP contribution is 2.18. The zero-order valence-electron chi connectivity index (χ0n) is 9.65. The summed E-state index contributed by atoms with van der Waals surface area (Å²) in [5.41, 5.74) is 2.39. The molecule has 3 aromatic rings. The molecule has 3 heteroatoms. The van der Waals surface area contributed by atoms with E-state index in [0.717, 1.165) is 16.9 Å². The fourth-order valence-corrected chi connectivity index (χ4v) is 2.48. The highest BCUT2D eigenvalue weighted by Gasteiger charge is 2.10. The normalized spacial score (nSPS) is 11.4. The van der Waals surface area contributed by atoms with Gasteiger partial charge in [0.15, 0.2) is 10.9 Å². The summed E-state index contributed by atoms with van der Waals surface area (Å²) in [6.07, 6.45) is 0. The van der Waals surface area contributed by atoms with E-state index in [2.05, 4.69) is 0 Å². The molecule has 0 N–H and O–H groups in total. The Morgan fingerprint density at radius 2 is 1.35 bits per heavy atom. The van der Waals surface area contributed by atoms with E-state index in [4.69, 9.17) is 0 Å². The van der Waals surface area contributed by atoms with Crippen LogP contribution < -0.4 is 10.9 Å². The van der Waals surface area contributed by atoms with Gasteiger partial charge < -0.3 is 4.40 Å². The highest BCUT2D eigenvalue weighted by atomic mass is 16.1. The Hall–Kier alpha value is -2.16. The van der Waals surface area contributed by atoms with E-state index >= 15 is 0 Å². The van der Waals surface area contributed by atoms with Crippen molar-refractivity contribution in [2.24, 2.45) is 0 Å². The van der Waals surface area contributed by atoms with Crippen LogP contribution in [0.5, 0.6) is 0 Å². The zero-order valence-corrected chi connectivity index (χ0v) is 9.65. The van der Waals surface area contributed by atoms with Gasteiger partial charge in [-0.1, -0.05) is 6.07 Å². The van der Waals surface area contributed by atoms with Gasteiger partial charge in [0.05, 0.1) is 5.52 Å². The predicted molar refractivity (Wildman–Crippen MR) is 68.1 cm³/mol. The Kier molecular flexibility index (Phi) is 1.87. The van der Waals surface area contributed by atoms with Gasteiger partial charge in [-0.05, 0) is 26.0 Å². The van der Waals surface area contributed by atoms with Crippen LogP contribution in [0.3, 0.4) is 0 Å². The number of rotatable bonds is 0. The van der Waals surface area contributed by atoms with Gasteiger partial charge in [-0.15, -0.1) is 0 Å². The van der Waals surface area contributed by atoms with Crippen molar-refractivity contribution in [3.8, 4) is 0 Å². The topological polar surface area (TPSA) is 38.5 Å². The number of aryl methyl sites for hydroxylation is 2. The molecule has 0 aliphatic carbocycles. The second-order valence-corrected chi connectivity index (χ2v) is 4.34. The monoisotopic (exact) mass is 225 g/mol. The number of nitrogens with zero attached hydrogens (tertiary/aromatic N) is 1. The molecule has 0 radical (unpaired) electrons. The summed E-state index contributed by atoms with van der Waals surface area (Å²) in [6, 6.07) is 8.51. The number of para-hydroxylation sites is 1. The molecule has 0 bridgehead atoms. The van der Waals surface area contributed by atoms with E-state index in [9.17, 15) is 9.59 Å². The van der Waals surface area contributed by atoms with Crippen molar-refractivity contribution in [1.82, 2.24) is 4.40 Å². The lowest BCUT2D eigenvalue weighted by atomic mass is 10.1. The summed E-state index contributed by atoms with van der Waals surface area (Å²) < 4.78 is 1.97. The average Bonchev–Trinajstić information content (AvgIpc) is 2.27. The van der Waals surface area contributed by atoms with E-state index in [1.54, 1.807) is 30.3 Å². The smallest absolute Gasteiger partial charge is 0.189 e. The maximum Gasteiger partial charge on any atom is 0.189 e. The molecule has 0 saturated carbocycles. The van der Waals surface area contributed by atoms with Crippen molar-refractivity contribution in [2.45, 2.75) is 13.8 Å². The lowest BCUT2D eigenvalue weighted by molar-refractivity contribution is 1.02. The first-order chi connectivity index (χ1) is 8.09. The average molecular weight is 225 g/mol. The maximum atomic E-state index is 11.9. The van der Waals surface area contributed by atoms with Crippen LogP contribution in [0.1, 0.15) is 11.4 Å².